The number of thiocarbonyl (C=S) groups is 1. The SMILES string of the molecule is O=C1/C(=C/C=C/c2ccccc2)SC(=S)N1c1ccc(F)c(Cl)c1. The standard InChI is InChI=1S/C18H11ClFNOS2/c19-14-11-13(9-10-15(14)20)21-17(22)16(24-18(21)23)8-4-7-12-5-2-1-3-6-12/h1-11H/b7-4+,16-8-. The number of thioether (sulfide) groups is 1. The summed E-state index contributed by atoms with van der Waals surface area (Å²) in [6.45, 7) is 0. The van der Waals surface area contributed by atoms with Gasteiger partial charge in [0.25, 0.3) is 5.91 Å². The van der Waals surface area contributed by atoms with Crippen LogP contribution in [0.3, 0.4) is 0 Å². The lowest BCUT2D eigenvalue weighted by atomic mass is 10.2. The van der Waals surface area contributed by atoms with Gasteiger partial charge in [0.1, 0.15) is 5.82 Å². The number of hydrogen-bond donors (Lipinski definition) is 0. The smallest absolute Gasteiger partial charge is 0.268 e. The summed E-state index contributed by atoms with van der Waals surface area (Å²) >= 11 is 12.3. The van der Waals surface area contributed by atoms with Crippen LogP contribution in [0, 0.1) is 5.82 Å². The summed E-state index contributed by atoms with van der Waals surface area (Å²) in [5.41, 5.74) is 1.49. The van der Waals surface area contributed by atoms with E-state index >= 15 is 0 Å². The normalized spacial score (nSPS) is 16.6. The summed E-state index contributed by atoms with van der Waals surface area (Å²) < 4.78 is 13.7. The van der Waals surface area contributed by atoms with E-state index in [4.69, 9.17) is 23.8 Å². The molecule has 0 atom stereocenters. The third-order valence-corrected chi connectivity index (χ3v) is 4.90. The molecule has 120 valence electrons. The number of hydrogen-bond acceptors (Lipinski definition) is 3. The zero-order valence-corrected chi connectivity index (χ0v) is 14.7. The number of rotatable bonds is 3. The zero-order valence-electron chi connectivity index (χ0n) is 12.3. The highest BCUT2D eigenvalue weighted by molar-refractivity contribution is 8.27. The van der Waals surface area contributed by atoms with Crippen molar-refractivity contribution in [2.45, 2.75) is 0 Å². The second-order valence-corrected chi connectivity index (χ2v) is 6.99. The fraction of sp³-hybridized carbons (Fsp3) is 0. The second kappa shape index (κ2) is 7.30. The van der Waals surface area contributed by atoms with Crippen LogP contribution >= 0.6 is 35.6 Å². The van der Waals surface area contributed by atoms with Crippen LogP contribution in [-0.4, -0.2) is 10.2 Å². The van der Waals surface area contributed by atoms with E-state index in [-0.39, 0.29) is 10.9 Å². The average Bonchev–Trinajstić information content (AvgIpc) is 2.85. The molecule has 1 heterocycles. The third-order valence-electron chi connectivity index (χ3n) is 3.29. The summed E-state index contributed by atoms with van der Waals surface area (Å²) in [6, 6.07) is 13.9. The molecule has 0 radical (unpaired) electrons. The fourth-order valence-corrected chi connectivity index (χ4v) is 3.56. The van der Waals surface area contributed by atoms with Crippen molar-refractivity contribution in [1.82, 2.24) is 0 Å². The van der Waals surface area contributed by atoms with Crippen LogP contribution < -0.4 is 4.90 Å². The molecule has 3 rings (SSSR count). The monoisotopic (exact) mass is 375 g/mol. The summed E-state index contributed by atoms with van der Waals surface area (Å²) in [5.74, 6) is -0.780. The Bertz CT molecular complexity index is 865. The van der Waals surface area contributed by atoms with E-state index in [1.54, 1.807) is 12.2 Å². The quantitative estimate of drug-likeness (QED) is 0.526. The van der Waals surface area contributed by atoms with Crippen molar-refractivity contribution in [1.29, 1.82) is 0 Å². The predicted molar refractivity (Wildman–Crippen MR) is 103 cm³/mol. The van der Waals surface area contributed by atoms with Crippen LogP contribution in [0.4, 0.5) is 10.1 Å². The number of benzene rings is 2. The Morgan fingerprint density at radius 1 is 1.17 bits per heavy atom. The molecule has 1 aliphatic rings. The first kappa shape index (κ1) is 16.9. The first-order chi connectivity index (χ1) is 11.6. The van der Waals surface area contributed by atoms with E-state index in [9.17, 15) is 9.18 Å². The van der Waals surface area contributed by atoms with E-state index in [0.717, 1.165) is 5.56 Å². The maximum atomic E-state index is 13.3. The van der Waals surface area contributed by atoms with E-state index in [1.807, 2.05) is 36.4 Å². The molecular formula is C18H11ClFNOS2. The molecule has 2 nitrogen and oxygen atoms in total. The van der Waals surface area contributed by atoms with Gasteiger partial charge < -0.3 is 0 Å². The number of anilines is 1. The molecule has 0 N–H and O–H groups in total. The molecule has 2 aromatic rings. The average molecular weight is 376 g/mol. The van der Waals surface area contributed by atoms with Gasteiger partial charge >= 0.3 is 0 Å². The Hall–Kier alpha value is -1.95. The molecule has 0 bridgehead atoms. The van der Waals surface area contributed by atoms with Gasteiger partial charge in [-0.25, -0.2) is 4.39 Å². The number of carbonyl (C=O) groups excluding carboxylic acids is 1. The Kier molecular flexibility index (Phi) is 5.14. The number of carbonyl (C=O) groups is 1. The van der Waals surface area contributed by atoms with Gasteiger partial charge in [0.05, 0.1) is 15.6 Å². The van der Waals surface area contributed by atoms with Crippen molar-refractivity contribution in [2.75, 3.05) is 4.90 Å². The van der Waals surface area contributed by atoms with Crippen LogP contribution in [0.2, 0.25) is 5.02 Å². The summed E-state index contributed by atoms with van der Waals surface area (Å²) in [4.78, 5) is 14.4. The molecule has 1 amide bonds. The van der Waals surface area contributed by atoms with Crippen molar-refractivity contribution < 1.29 is 9.18 Å². The van der Waals surface area contributed by atoms with E-state index in [0.29, 0.717) is 14.9 Å². The largest absolute Gasteiger partial charge is 0.270 e. The van der Waals surface area contributed by atoms with E-state index in [2.05, 4.69) is 0 Å². The zero-order chi connectivity index (χ0) is 17.1. The van der Waals surface area contributed by atoms with Crippen molar-refractivity contribution in [2.24, 2.45) is 0 Å². The predicted octanol–water partition coefficient (Wildman–Crippen LogP) is 5.44. The van der Waals surface area contributed by atoms with Gasteiger partial charge in [-0.15, -0.1) is 0 Å². The number of nitrogens with zero attached hydrogens (tertiary/aromatic N) is 1. The molecule has 0 aromatic heterocycles. The van der Waals surface area contributed by atoms with Crippen LogP contribution in [0.15, 0.2) is 65.6 Å². The van der Waals surface area contributed by atoms with Gasteiger partial charge in [-0.1, -0.05) is 78.1 Å². The van der Waals surface area contributed by atoms with Gasteiger partial charge in [-0.3, -0.25) is 9.69 Å². The molecule has 1 saturated heterocycles. The topological polar surface area (TPSA) is 20.3 Å². The lowest BCUT2D eigenvalue weighted by Gasteiger charge is -2.14. The molecule has 0 aliphatic carbocycles. The minimum absolute atomic E-state index is 0.0468. The van der Waals surface area contributed by atoms with Crippen molar-refractivity contribution >= 4 is 57.6 Å². The van der Waals surface area contributed by atoms with Gasteiger partial charge in [-0.2, -0.15) is 0 Å². The second-order valence-electron chi connectivity index (χ2n) is 4.91. The summed E-state index contributed by atoms with van der Waals surface area (Å²) in [7, 11) is 0. The minimum atomic E-state index is -0.535. The highest BCUT2D eigenvalue weighted by Crippen LogP contribution is 2.36. The summed E-state index contributed by atoms with van der Waals surface area (Å²) in [6.07, 6.45) is 5.43. The molecule has 1 aliphatic heterocycles. The molecule has 0 spiro atoms. The third kappa shape index (κ3) is 3.59. The van der Waals surface area contributed by atoms with Gasteiger partial charge in [0, 0.05) is 0 Å². The van der Waals surface area contributed by atoms with Crippen LogP contribution in [0.5, 0.6) is 0 Å². The summed E-state index contributed by atoms with van der Waals surface area (Å²) in [5, 5.41) is -0.0468. The Morgan fingerprint density at radius 3 is 2.62 bits per heavy atom. The van der Waals surface area contributed by atoms with Gasteiger partial charge in [-0.05, 0) is 29.8 Å². The van der Waals surface area contributed by atoms with Gasteiger partial charge in [0.2, 0.25) is 0 Å². The number of halogens is 2. The Balaban J connectivity index is 1.82. The first-order valence-corrected chi connectivity index (χ1v) is 8.61. The van der Waals surface area contributed by atoms with Crippen molar-refractivity contribution in [3.63, 3.8) is 0 Å². The molecule has 0 saturated carbocycles. The number of allylic oxidation sites excluding steroid dienone is 2. The molecular weight excluding hydrogens is 365 g/mol. The van der Waals surface area contributed by atoms with Crippen molar-refractivity contribution in [3.05, 3.63) is 82.0 Å². The van der Waals surface area contributed by atoms with E-state index in [1.165, 1.54) is 34.9 Å². The van der Waals surface area contributed by atoms with Gasteiger partial charge in [0.15, 0.2) is 4.32 Å². The van der Waals surface area contributed by atoms with Crippen LogP contribution in [-0.2, 0) is 4.79 Å². The first-order valence-electron chi connectivity index (χ1n) is 7.01. The molecule has 6 heteroatoms. The molecule has 24 heavy (non-hydrogen) atoms. The molecule has 2 aromatic carbocycles. The van der Waals surface area contributed by atoms with E-state index < -0.39 is 5.82 Å². The maximum absolute atomic E-state index is 13.3. The lowest BCUT2D eigenvalue weighted by molar-refractivity contribution is -0.113. The van der Waals surface area contributed by atoms with Crippen LogP contribution in [0.25, 0.3) is 6.08 Å². The lowest BCUT2D eigenvalue weighted by Crippen LogP contribution is -2.27. The Morgan fingerprint density at radius 2 is 1.92 bits per heavy atom. The molecule has 0 unspecified atom stereocenters. The minimum Gasteiger partial charge on any atom is -0.268 e. The highest BCUT2D eigenvalue weighted by Gasteiger charge is 2.33. The molecule has 1 fully saturated rings. The van der Waals surface area contributed by atoms with Crippen molar-refractivity contribution in [3.8, 4) is 0 Å². The Labute approximate surface area is 153 Å². The fourth-order valence-electron chi connectivity index (χ4n) is 2.14. The van der Waals surface area contributed by atoms with Crippen LogP contribution in [0.1, 0.15) is 5.56 Å². The highest BCUT2D eigenvalue weighted by atomic mass is 35.5. The number of amides is 1. The maximum Gasteiger partial charge on any atom is 0.270 e.